The Morgan fingerprint density at radius 1 is 0.857 bits per heavy atom. The number of sulfone groups is 1. The van der Waals surface area contributed by atoms with Gasteiger partial charge in [0.1, 0.15) is 6.54 Å². The van der Waals surface area contributed by atoms with Crippen LogP contribution in [0.3, 0.4) is 0 Å². The number of rotatable bonds is 9. The second-order valence-corrected chi connectivity index (χ2v) is 12.3. The van der Waals surface area contributed by atoms with Crippen molar-refractivity contribution in [1.29, 1.82) is 0 Å². The quantitative estimate of drug-likeness (QED) is 0.462. The van der Waals surface area contributed by atoms with Crippen molar-refractivity contribution in [1.82, 2.24) is 5.32 Å². The standard InChI is InChI=1S/C26H30N2O5S2/c1-5-24(21-14-16-22(17-15-21)34(4,30)31)27-26(29)18-28(25-13-9-10-19(2)20(25)3)35(32,33)23-11-7-6-8-12-23/h6-17,24H,5,18H2,1-4H3,(H,27,29). The summed E-state index contributed by atoms with van der Waals surface area (Å²) in [5.41, 5.74) is 2.85. The van der Waals surface area contributed by atoms with E-state index in [-0.39, 0.29) is 9.79 Å². The molecule has 35 heavy (non-hydrogen) atoms. The number of hydrogen-bond acceptors (Lipinski definition) is 5. The lowest BCUT2D eigenvalue weighted by atomic mass is 10.0. The lowest BCUT2D eigenvalue weighted by molar-refractivity contribution is -0.120. The van der Waals surface area contributed by atoms with Gasteiger partial charge in [0.2, 0.25) is 5.91 Å². The van der Waals surface area contributed by atoms with Gasteiger partial charge >= 0.3 is 0 Å². The minimum absolute atomic E-state index is 0.0945. The van der Waals surface area contributed by atoms with Gasteiger partial charge in [-0.05, 0) is 67.3 Å². The fourth-order valence-electron chi connectivity index (χ4n) is 3.76. The number of amides is 1. The highest BCUT2D eigenvalue weighted by Crippen LogP contribution is 2.29. The normalized spacial score (nSPS) is 12.7. The number of anilines is 1. The average molecular weight is 515 g/mol. The number of benzene rings is 3. The number of nitrogens with zero attached hydrogens (tertiary/aromatic N) is 1. The molecule has 0 saturated carbocycles. The Bertz CT molecular complexity index is 1400. The maximum Gasteiger partial charge on any atom is 0.264 e. The zero-order valence-electron chi connectivity index (χ0n) is 20.2. The average Bonchev–Trinajstić information content (AvgIpc) is 2.83. The number of carbonyl (C=O) groups is 1. The molecule has 0 aliphatic rings. The molecule has 9 heteroatoms. The van der Waals surface area contributed by atoms with E-state index in [1.165, 1.54) is 24.3 Å². The topological polar surface area (TPSA) is 101 Å². The number of nitrogens with one attached hydrogen (secondary N) is 1. The highest BCUT2D eigenvalue weighted by molar-refractivity contribution is 7.93. The van der Waals surface area contributed by atoms with Crippen LogP contribution in [-0.4, -0.2) is 35.5 Å². The largest absolute Gasteiger partial charge is 0.348 e. The van der Waals surface area contributed by atoms with Gasteiger partial charge in [-0.2, -0.15) is 0 Å². The Labute approximate surface area is 207 Å². The number of hydrogen-bond donors (Lipinski definition) is 1. The molecule has 0 radical (unpaired) electrons. The third-order valence-corrected chi connectivity index (χ3v) is 8.82. The zero-order chi connectivity index (χ0) is 25.8. The molecule has 0 bridgehead atoms. The van der Waals surface area contributed by atoms with Crippen LogP contribution in [0.4, 0.5) is 5.69 Å². The van der Waals surface area contributed by atoms with E-state index in [0.717, 1.165) is 27.3 Å². The van der Waals surface area contributed by atoms with Gasteiger partial charge in [0, 0.05) is 6.26 Å². The van der Waals surface area contributed by atoms with E-state index in [2.05, 4.69) is 5.32 Å². The maximum atomic E-state index is 13.6. The van der Waals surface area contributed by atoms with Crippen LogP contribution in [0.2, 0.25) is 0 Å². The maximum absolute atomic E-state index is 13.6. The molecule has 0 aromatic heterocycles. The van der Waals surface area contributed by atoms with Crippen molar-refractivity contribution < 1.29 is 21.6 Å². The van der Waals surface area contributed by atoms with Gasteiger partial charge in [-0.25, -0.2) is 16.8 Å². The summed E-state index contributed by atoms with van der Waals surface area (Å²) in [6, 6.07) is 19.3. The molecule has 186 valence electrons. The van der Waals surface area contributed by atoms with Crippen LogP contribution in [-0.2, 0) is 24.7 Å². The fourth-order valence-corrected chi connectivity index (χ4v) is 5.89. The van der Waals surface area contributed by atoms with Gasteiger partial charge in [-0.15, -0.1) is 0 Å². The van der Waals surface area contributed by atoms with Gasteiger partial charge in [0.15, 0.2) is 9.84 Å². The summed E-state index contributed by atoms with van der Waals surface area (Å²) in [6.45, 7) is 5.20. The van der Waals surface area contributed by atoms with Crippen LogP contribution in [0, 0.1) is 13.8 Å². The molecule has 0 aliphatic carbocycles. The Hall–Kier alpha value is -3.17. The van der Waals surface area contributed by atoms with Gasteiger partial charge in [-0.1, -0.05) is 49.4 Å². The summed E-state index contributed by atoms with van der Waals surface area (Å²) in [6.07, 6.45) is 1.68. The van der Waals surface area contributed by atoms with Crippen molar-refractivity contribution in [3.63, 3.8) is 0 Å². The summed E-state index contributed by atoms with van der Waals surface area (Å²) < 4.78 is 51.8. The second kappa shape index (κ2) is 10.6. The van der Waals surface area contributed by atoms with Crippen molar-refractivity contribution in [2.45, 2.75) is 43.0 Å². The Morgan fingerprint density at radius 2 is 1.49 bits per heavy atom. The monoisotopic (exact) mass is 514 g/mol. The first-order valence-electron chi connectivity index (χ1n) is 11.2. The number of sulfonamides is 1. The fraction of sp³-hybridized carbons (Fsp3) is 0.269. The molecule has 1 atom stereocenters. The van der Waals surface area contributed by atoms with Gasteiger partial charge in [-0.3, -0.25) is 9.10 Å². The first kappa shape index (κ1) is 26.4. The summed E-state index contributed by atoms with van der Waals surface area (Å²) in [4.78, 5) is 13.4. The van der Waals surface area contributed by atoms with E-state index in [1.54, 1.807) is 42.5 Å². The van der Waals surface area contributed by atoms with Crippen LogP contribution in [0.5, 0.6) is 0 Å². The Balaban J connectivity index is 1.92. The third-order valence-electron chi connectivity index (χ3n) is 5.92. The van der Waals surface area contributed by atoms with Gasteiger partial charge in [0.05, 0.1) is 21.5 Å². The van der Waals surface area contributed by atoms with E-state index >= 15 is 0 Å². The lowest BCUT2D eigenvalue weighted by Crippen LogP contribution is -2.42. The highest BCUT2D eigenvalue weighted by atomic mass is 32.2. The van der Waals surface area contributed by atoms with Crippen LogP contribution in [0.15, 0.2) is 82.6 Å². The molecule has 3 rings (SSSR count). The lowest BCUT2D eigenvalue weighted by Gasteiger charge is -2.27. The van der Waals surface area contributed by atoms with Gasteiger partial charge in [0.25, 0.3) is 10.0 Å². The predicted molar refractivity (Wildman–Crippen MR) is 138 cm³/mol. The van der Waals surface area contributed by atoms with Crippen LogP contribution < -0.4 is 9.62 Å². The molecule has 7 nitrogen and oxygen atoms in total. The molecule has 0 fully saturated rings. The third kappa shape index (κ3) is 6.10. The molecule has 1 N–H and O–H groups in total. The van der Waals surface area contributed by atoms with E-state index in [0.29, 0.717) is 12.1 Å². The Morgan fingerprint density at radius 3 is 2.06 bits per heavy atom. The molecule has 1 amide bonds. The molecule has 3 aromatic rings. The van der Waals surface area contributed by atoms with E-state index < -0.39 is 38.4 Å². The smallest absolute Gasteiger partial charge is 0.264 e. The first-order valence-corrected chi connectivity index (χ1v) is 14.5. The number of carbonyl (C=O) groups excluding carboxylic acids is 1. The van der Waals surface area contributed by atoms with E-state index in [9.17, 15) is 21.6 Å². The Kier molecular flexibility index (Phi) is 8.02. The van der Waals surface area contributed by atoms with Crippen molar-refractivity contribution in [2.24, 2.45) is 0 Å². The molecule has 3 aromatic carbocycles. The summed E-state index contributed by atoms with van der Waals surface area (Å²) >= 11 is 0. The van der Waals surface area contributed by atoms with E-state index in [1.807, 2.05) is 26.8 Å². The molecule has 0 spiro atoms. The molecule has 1 unspecified atom stereocenters. The molecule has 0 heterocycles. The summed E-state index contributed by atoms with van der Waals surface area (Å²) in [5.74, 6) is -0.468. The first-order chi connectivity index (χ1) is 16.4. The van der Waals surface area contributed by atoms with Crippen molar-refractivity contribution >= 4 is 31.5 Å². The minimum atomic E-state index is -4.01. The molecule has 0 aliphatic heterocycles. The SMILES string of the molecule is CCC(NC(=O)CN(c1cccc(C)c1C)S(=O)(=O)c1ccccc1)c1ccc(S(C)(=O)=O)cc1. The zero-order valence-corrected chi connectivity index (χ0v) is 21.9. The molecular weight excluding hydrogens is 484 g/mol. The second-order valence-electron chi connectivity index (χ2n) is 8.41. The van der Waals surface area contributed by atoms with E-state index in [4.69, 9.17) is 0 Å². The highest BCUT2D eigenvalue weighted by Gasteiger charge is 2.29. The van der Waals surface area contributed by atoms with Crippen molar-refractivity contribution in [3.8, 4) is 0 Å². The summed E-state index contributed by atoms with van der Waals surface area (Å²) in [7, 11) is -7.34. The molecular formula is C26H30N2O5S2. The van der Waals surface area contributed by atoms with Gasteiger partial charge < -0.3 is 5.32 Å². The van der Waals surface area contributed by atoms with Crippen LogP contribution >= 0.6 is 0 Å². The minimum Gasteiger partial charge on any atom is -0.348 e. The molecule has 0 saturated heterocycles. The predicted octanol–water partition coefficient (Wildman–Crippen LogP) is 4.17. The number of aryl methyl sites for hydroxylation is 1. The van der Waals surface area contributed by atoms with Crippen LogP contribution in [0.1, 0.15) is 36.1 Å². The van der Waals surface area contributed by atoms with Crippen molar-refractivity contribution in [2.75, 3.05) is 17.1 Å². The van der Waals surface area contributed by atoms with Crippen molar-refractivity contribution in [3.05, 3.63) is 89.5 Å². The summed E-state index contributed by atoms with van der Waals surface area (Å²) in [5, 5.41) is 2.90. The van der Waals surface area contributed by atoms with Crippen LogP contribution in [0.25, 0.3) is 0 Å².